The summed E-state index contributed by atoms with van der Waals surface area (Å²) in [6.07, 6.45) is -0.161. The second-order valence-corrected chi connectivity index (χ2v) is 6.61. The van der Waals surface area contributed by atoms with Gasteiger partial charge in [-0.3, -0.25) is 0 Å². The maximum atomic E-state index is 12.5. The molecule has 117 valence electrons. The van der Waals surface area contributed by atoms with Crippen LogP contribution in [0.4, 0.5) is 13.2 Å². The zero-order valence-corrected chi connectivity index (χ0v) is 15.2. The molecule has 0 aliphatic heterocycles. The fourth-order valence-electron chi connectivity index (χ4n) is 1.58. The summed E-state index contributed by atoms with van der Waals surface area (Å²) >= 11 is 0. The van der Waals surface area contributed by atoms with Crippen molar-refractivity contribution < 1.29 is 68.6 Å². The molecular formula is C10H16F3O5SY-. The quantitative estimate of drug-likeness (QED) is 0.483. The molecular weight excluding hydrogens is 378 g/mol. The van der Waals surface area contributed by atoms with Gasteiger partial charge in [-0.15, -0.1) is 0 Å². The Balaban J connectivity index is 0. The summed E-state index contributed by atoms with van der Waals surface area (Å²) in [5, 5.41) is -2.34. The fourth-order valence-corrected chi connectivity index (χ4v) is 2.91. The van der Waals surface area contributed by atoms with E-state index in [0.717, 1.165) is 6.29 Å². The SMILES string of the molecule is COC(CC(C)(C)C([C-]=O)S(=O)(=O)C(F)(F)F)OC.[Y]. The van der Waals surface area contributed by atoms with Gasteiger partial charge in [0.15, 0.2) is 6.29 Å². The Hall–Kier alpha value is 0.434. The predicted octanol–water partition coefficient (Wildman–Crippen LogP) is 1.43. The van der Waals surface area contributed by atoms with Crippen LogP contribution in [-0.2, 0) is 56.8 Å². The standard InChI is InChI=1S/C10H16F3O5S.Y/c1-9(2,5-8(17-3)18-4)7(6-14)19(15,16)10(11,12)13;/h7-8H,5H2,1-4H3;/q-1;. The minimum Gasteiger partial charge on any atom is -0.541 e. The summed E-state index contributed by atoms with van der Waals surface area (Å²) in [6, 6.07) is 0. The van der Waals surface area contributed by atoms with E-state index in [1.54, 1.807) is 0 Å². The van der Waals surface area contributed by atoms with Crippen LogP contribution in [0, 0.1) is 5.41 Å². The molecule has 0 saturated heterocycles. The van der Waals surface area contributed by atoms with Crippen molar-refractivity contribution in [3.8, 4) is 0 Å². The molecule has 0 amide bonds. The molecule has 0 N–H and O–H groups in total. The molecule has 1 unspecified atom stereocenters. The fraction of sp³-hybridized carbons (Fsp3) is 0.900. The first-order chi connectivity index (χ1) is 8.44. The van der Waals surface area contributed by atoms with Gasteiger partial charge in [-0.1, -0.05) is 13.8 Å². The Morgan fingerprint density at radius 1 is 1.15 bits per heavy atom. The molecule has 0 aliphatic rings. The number of carbonyl (C=O) groups excluding carboxylic acids is 1. The van der Waals surface area contributed by atoms with Crippen LogP contribution in [0.2, 0.25) is 0 Å². The molecule has 0 aromatic carbocycles. The van der Waals surface area contributed by atoms with E-state index in [2.05, 4.69) is 0 Å². The third kappa shape index (κ3) is 5.33. The van der Waals surface area contributed by atoms with E-state index in [0.29, 0.717) is 0 Å². The second-order valence-electron chi connectivity index (χ2n) is 4.58. The monoisotopic (exact) mass is 394 g/mol. The number of methoxy groups -OCH3 is 2. The van der Waals surface area contributed by atoms with Crippen molar-refractivity contribution in [3.05, 3.63) is 0 Å². The maximum absolute atomic E-state index is 12.5. The number of rotatable bonds is 7. The van der Waals surface area contributed by atoms with Gasteiger partial charge < -0.3 is 14.3 Å². The number of hydrogen-bond acceptors (Lipinski definition) is 5. The number of ether oxygens (including phenoxy) is 2. The van der Waals surface area contributed by atoms with Crippen molar-refractivity contribution in [1.82, 2.24) is 0 Å². The molecule has 0 bridgehead atoms. The van der Waals surface area contributed by atoms with Crippen LogP contribution in [0.5, 0.6) is 0 Å². The van der Waals surface area contributed by atoms with Gasteiger partial charge in [0.2, 0.25) is 9.84 Å². The van der Waals surface area contributed by atoms with Gasteiger partial charge in [0.1, 0.15) is 0 Å². The van der Waals surface area contributed by atoms with Crippen LogP contribution in [0.1, 0.15) is 20.3 Å². The number of halogens is 3. The van der Waals surface area contributed by atoms with Gasteiger partial charge in [0, 0.05) is 53.3 Å². The van der Waals surface area contributed by atoms with Crippen LogP contribution < -0.4 is 0 Å². The van der Waals surface area contributed by atoms with E-state index in [9.17, 15) is 26.4 Å². The Morgan fingerprint density at radius 2 is 1.55 bits per heavy atom. The summed E-state index contributed by atoms with van der Waals surface area (Å²) in [5.41, 5.74) is -7.06. The van der Waals surface area contributed by atoms with Crippen LogP contribution in [0.3, 0.4) is 0 Å². The normalized spacial score (nSPS) is 14.8. The zero-order chi connectivity index (χ0) is 15.5. The van der Waals surface area contributed by atoms with Crippen molar-refractivity contribution >= 4 is 16.1 Å². The number of hydrogen-bond donors (Lipinski definition) is 0. The van der Waals surface area contributed by atoms with Crippen LogP contribution in [0.25, 0.3) is 0 Å². The Kier molecular flexibility index (Phi) is 9.28. The van der Waals surface area contributed by atoms with Crippen molar-refractivity contribution in [2.24, 2.45) is 5.41 Å². The van der Waals surface area contributed by atoms with Gasteiger partial charge in [0.25, 0.3) is 0 Å². The van der Waals surface area contributed by atoms with Gasteiger partial charge in [-0.2, -0.15) is 13.2 Å². The topological polar surface area (TPSA) is 69.7 Å². The molecule has 0 spiro atoms. The van der Waals surface area contributed by atoms with E-state index < -0.39 is 32.3 Å². The van der Waals surface area contributed by atoms with Gasteiger partial charge in [0.05, 0.1) is 0 Å². The number of alkyl halides is 3. The van der Waals surface area contributed by atoms with E-state index in [1.807, 2.05) is 0 Å². The largest absolute Gasteiger partial charge is 0.541 e. The molecule has 20 heavy (non-hydrogen) atoms. The molecule has 1 atom stereocenters. The molecule has 0 aromatic heterocycles. The first-order valence-electron chi connectivity index (χ1n) is 5.17. The Morgan fingerprint density at radius 3 is 1.80 bits per heavy atom. The average molecular weight is 394 g/mol. The van der Waals surface area contributed by atoms with Gasteiger partial charge >= 0.3 is 5.51 Å². The van der Waals surface area contributed by atoms with Crippen LogP contribution in [-0.4, -0.2) is 46.0 Å². The summed E-state index contributed by atoms with van der Waals surface area (Å²) < 4.78 is 69.7. The molecule has 0 aromatic rings. The summed E-state index contributed by atoms with van der Waals surface area (Å²) in [7, 11) is -3.14. The molecule has 1 radical (unpaired) electrons. The molecule has 0 aliphatic carbocycles. The van der Waals surface area contributed by atoms with E-state index in [1.165, 1.54) is 28.1 Å². The van der Waals surface area contributed by atoms with Crippen molar-refractivity contribution in [3.63, 3.8) is 0 Å². The molecule has 0 rings (SSSR count). The summed E-state index contributed by atoms with van der Waals surface area (Å²) in [5.74, 6) is 0. The second kappa shape index (κ2) is 8.17. The van der Waals surface area contributed by atoms with Gasteiger partial charge in [-0.05, 0) is 10.7 Å². The molecule has 0 fully saturated rings. The average Bonchev–Trinajstić information content (AvgIpc) is 2.24. The van der Waals surface area contributed by atoms with Crippen molar-refractivity contribution in [2.45, 2.75) is 37.3 Å². The Labute approximate surface area is 141 Å². The molecule has 0 heterocycles. The maximum Gasteiger partial charge on any atom is 0.495 e. The van der Waals surface area contributed by atoms with Gasteiger partial charge in [-0.25, -0.2) is 14.7 Å². The first-order valence-corrected chi connectivity index (χ1v) is 6.72. The van der Waals surface area contributed by atoms with Crippen molar-refractivity contribution in [1.29, 1.82) is 0 Å². The Bertz CT molecular complexity index is 404. The van der Waals surface area contributed by atoms with E-state index >= 15 is 0 Å². The molecule has 5 nitrogen and oxygen atoms in total. The summed E-state index contributed by atoms with van der Waals surface area (Å²) in [4.78, 5) is 10.7. The van der Waals surface area contributed by atoms with Crippen LogP contribution >= 0.6 is 0 Å². The third-order valence-corrected chi connectivity index (χ3v) is 4.67. The van der Waals surface area contributed by atoms with Crippen molar-refractivity contribution in [2.75, 3.05) is 14.2 Å². The zero-order valence-electron chi connectivity index (χ0n) is 11.5. The minimum atomic E-state index is -5.64. The minimum absolute atomic E-state index is 0. The smallest absolute Gasteiger partial charge is 0.495 e. The predicted molar refractivity (Wildman–Crippen MR) is 60.7 cm³/mol. The van der Waals surface area contributed by atoms with E-state index in [4.69, 9.17) is 9.47 Å². The molecule has 0 saturated carbocycles. The summed E-state index contributed by atoms with van der Waals surface area (Å²) in [6.45, 7) is 2.41. The first kappa shape index (κ1) is 22.7. The van der Waals surface area contributed by atoms with Crippen LogP contribution in [0.15, 0.2) is 0 Å². The van der Waals surface area contributed by atoms with E-state index in [-0.39, 0.29) is 39.1 Å². The molecule has 10 heteroatoms. The third-order valence-electron chi connectivity index (χ3n) is 2.67. The number of sulfone groups is 1.